The van der Waals surface area contributed by atoms with E-state index in [9.17, 15) is 18.0 Å². The monoisotopic (exact) mass is 300 g/mol. The molecule has 1 unspecified atom stereocenters. The molecular formula is C15H19F3N2O. The molecular weight excluding hydrogens is 281 g/mol. The van der Waals surface area contributed by atoms with Gasteiger partial charge in [0.15, 0.2) is 0 Å². The van der Waals surface area contributed by atoms with Gasteiger partial charge < -0.3 is 0 Å². The average molecular weight is 300 g/mol. The van der Waals surface area contributed by atoms with E-state index in [1.165, 1.54) is 6.07 Å². The van der Waals surface area contributed by atoms with Crippen LogP contribution >= 0.6 is 0 Å². The number of hydrogen-bond donors (Lipinski definition) is 1. The SMILES string of the molecule is CC(C)Cc1ccccc1C(N1CCC(=O)N1)C(F)(F)F. The molecule has 0 radical (unpaired) electrons. The molecule has 116 valence electrons. The van der Waals surface area contributed by atoms with Gasteiger partial charge >= 0.3 is 6.18 Å². The van der Waals surface area contributed by atoms with Crippen LogP contribution in [0.4, 0.5) is 13.2 Å². The van der Waals surface area contributed by atoms with Gasteiger partial charge in [0.05, 0.1) is 0 Å². The summed E-state index contributed by atoms with van der Waals surface area (Å²) in [5.74, 6) is -0.112. The Morgan fingerprint density at radius 1 is 1.29 bits per heavy atom. The zero-order valence-electron chi connectivity index (χ0n) is 12.1. The summed E-state index contributed by atoms with van der Waals surface area (Å²) in [6, 6.07) is 4.79. The lowest BCUT2D eigenvalue weighted by atomic mass is 9.93. The van der Waals surface area contributed by atoms with Crippen LogP contribution in [0.1, 0.15) is 37.4 Å². The van der Waals surface area contributed by atoms with Gasteiger partial charge in [0.1, 0.15) is 6.04 Å². The molecule has 1 aromatic rings. The molecule has 1 amide bonds. The summed E-state index contributed by atoms with van der Waals surface area (Å²) in [4.78, 5) is 11.3. The zero-order valence-corrected chi connectivity index (χ0v) is 12.1. The van der Waals surface area contributed by atoms with E-state index in [-0.39, 0.29) is 30.4 Å². The molecule has 1 aliphatic heterocycles. The Bertz CT molecular complexity index is 514. The molecule has 3 nitrogen and oxygen atoms in total. The molecule has 6 heteroatoms. The van der Waals surface area contributed by atoms with Gasteiger partial charge in [0.25, 0.3) is 0 Å². The van der Waals surface area contributed by atoms with E-state index in [2.05, 4.69) is 5.43 Å². The first kappa shape index (κ1) is 15.8. The summed E-state index contributed by atoms with van der Waals surface area (Å²) < 4.78 is 40.5. The number of amides is 1. The van der Waals surface area contributed by atoms with Gasteiger partial charge in [-0.1, -0.05) is 38.1 Å². The number of nitrogens with zero attached hydrogens (tertiary/aromatic N) is 1. The number of halogens is 3. The molecule has 1 heterocycles. The van der Waals surface area contributed by atoms with Gasteiger partial charge in [-0.25, -0.2) is 5.01 Å². The van der Waals surface area contributed by atoms with Crippen LogP contribution < -0.4 is 5.43 Å². The molecule has 1 aliphatic rings. The molecule has 1 saturated heterocycles. The summed E-state index contributed by atoms with van der Waals surface area (Å²) in [6.45, 7) is 4.01. The Labute approximate surface area is 122 Å². The van der Waals surface area contributed by atoms with Crippen LogP contribution in [0.15, 0.2) is 24.3 Å². The van der Waals surface area contributed by atoms with Crippen molar-refractivity contribution in [2.24, 2.45) is 5.92 Å². The van der Waals surface area contributed by atoms with Crippen molar-refractivity contribution in [2.75, 3.05) is 6.54 Å². The summed E-state index contributed by atoms with van der Waals surface area (Å²) in [5, 5.41) is 1.00. The molecule has 1 atom stereocenters. The fraction of sp³-hybridized carbons (Fsp3) is 0.533. The Hall–Kier alpha value is -1.56. The lowest BCUT2D eigenvalue weighted by Gasteiger charge is -2.31. The minimum atomic E-state index is -4.44. The van der Waals surface area contributed by atoms with Crippen molar-refractivity contribution in [3.8, 4) is 0 Å². The summed E-state index contributed by atoms with van der Waals surface area (Å²) in [6.07, 6.45) is -3.77. The third-order valence-electron chi connectivity index (χ3n) is 3.45. The minimum Gasteiger partial charge on any atom is -0.288 e. The quantitative estimate of drug-likeness (QED) is 0.926. The Balaban J connectivity index is 2.40. The predicted octanol–water partition coefficient (Wildman–Crippen LogP) is 3.23. The van der Waals surface area contributed by atoms with Crippen LogP contribution in [0, 0.1) is 5.92 Å². The van der Waals surface area contributed by atoms with Crippen molar-refractivity contribution in [3.63, 3.8) is 0 Å². The standard InChI is InChI=1S/C15H19F3N2O/c1-10(2)9-11-5-3-4-6-12(11)14(15(16,17)18)20-8-7-13(21)19-20/h3-6,10,14H,7-9H2,1-2H3,(H,19,21). The van der Waals surface area contributed by atoms with Crippen molar-refractivity contribution >= 4 is 5.91 Å². The van der Waals surface area contributed by atoms with Crippen LogP contribution in [-0.4, -0.2) is 23.6 Å². The molecule has 21 heavy (non-hydrogen) atoms. The highest BCUT2D eigenvalue weighted by atomic mass is 19.4. The number of nitrogens with one attached hydrogen (secondary N) is 1. The fourth-order valence-corrected chi connectivity index (χ4v) is 2.64. The van der Waals surface area contributed by atoms with Crippen LogP contribution in [0.25, 0.3) is 0 Å². The van der Waals surface area contributed by atoms with E-state index in [0.717, 1.165) is 5.01 Å². The topological polar surface area (TPSA) is 32.3 Å². The van der Waals surface area contributed by atoms with Gasteiger partial charge in [-0.3, -0.25) is 10.2 Å². The van der Waals surface area contributed by atoms with Crippen molar-refractivity contribution in [1.82, 2.24) is 10.4 Å². The number of rotatable bonds is 4. The maximum absolute atomic E-state index is 13.5. The summed E-state index contributed by atoms with van der Waals surface area (Å²) in [7, 11) is 0. The second kappa shape index (κ2) is 6.05. The first-order valence-electron chi connectivity index (χ1n) is 6.99. The molecule has 1 fully saturated rings. The lowest BCUT2D eigenvalue weighted by Crippen LogP contribution is -2.44. The Morgan fingerprint density at radius 2 is 1.95 bits per heavy atom. The molecule has 0 aromatic heterocycles. The minimum absolute atomic E-state index is 0.0685. The number of carbonyl (C=O) groups is 1. The van der Waals surface area contributed by atoms with Crippen LogP contribution in [0.3, 0.4) is 0 Å². The highest BCUT2D eigenvalue weighted by Crippen LogP contribution is 2.39. The summed E-state index contributed by atoms with van der Waals surface area (Å²) >= 11 is 0. The van der Waals surface area contributed by atoms with E-state index in [4.69, 9.17) is 0 Å². The molecule has 0 aliphatic carbocycles. The highest BCUT2D eigenvalue weighted by Gasteiger charge is 2.47. The maximum atomic E-state index is 13.5. The normalized spacial score (nSPS) is 18.1. The first-order chi connectivity index (χ1) is 9.79. The van der Waals surface area contributed by atoms with Gasteiger partial charge in [0.2, 0.25) is 5.91 Å². The molecule has 0 saturated carbocycles. The number of hydrogen-bond acceptors (Lipinski definition) is 2. The largest absolute Gasteiger partial charge is 0.409 e. The van der Waals surface area contributed by atoms with Gasteiger partial charge in [-0.15, -0.1) is 0 Å². The third-order valence-corrected chi connectivity index (χ3v) is 3.45. The molecule has 0 spiro atoms. The summed E-state index contributed by atoms with van der Waals surface area (Å²) in [5.41, 5.74) is 3.21. The maximum Gasteiger partial charge on any atom is 0.409 e. The van der Waals surface area contributed by atoms with E-state index in [1.807, 2.05) is 13.8 Å². The van der Waals surface area contributed by atoms with Crippen molar-refractivity contribution in [3.05, 3.63) is 35.4 Å². The van der Waals surface area contributed by atoms with Crippen molar-refractivity contribution in [2.45, 2.75) is 38.9 Å². The van der Waals surface area contributed by atoms with E-state index < -0.39 is 12.2 Å². The lowest BCUT2D eigenvalue weighted by molar-refractivity contribution is -0.191. The first-order valence-corrected chi connectivity index (χ1v) is 6.99. The molecule has 1 aromatic carbocycles. The molecule has 1 N–H and O–H groups in total. The second-order valence-corrected chi connectivity index (χ2v) is 5.72. The van der Waals surface area contributed by atoms with Crippen molar-refractivity contribution < 1.29 is 18.0 Å². The van der Waals surface area contributed by atoms with E-state index >= 15 is 0 Å². The number of hydrazine groups is 1. The number of benzene rings is 1. The van der Waals surface area contributed by atoms with Crippen LogP contribution in [-0.2, 0) is 11.2 Å². The molecule has 0 bridgehead atoms. The predicted molar refractivity (Wildman–Crippen MR) is 73.2 cm³/mol. The van der Waals surface area contributed by atoms with Gasteiger partial charge in [-0.05, 0) is 23.5 Å². The fourth-order valence-electron chi connectivity index (χ4n) is 2.64. The average Bonchev–Trinajstić information content (AvgIpc) is 2.75. The van der Waals surface area contributed by atoms with Crippen LogP contribution in [0.5, 0.6) is 0 Å². The number of carbonyl (C=O) groups excluding carboxylic acids is 1. The van der Waals surface area contributed by atoms with Crippen molar-refractivity contribution in [1.29, 1.82) is 0 Å². The Morgan fingerprint density at radius 3 is 2.48 bits per heavy atom. The molecule has 2 rings (SSSR count). The second-order valence-electron chi connectivity index (χ2n) is 5.72. The number of alkyl halides is 3. The third kappa shape index (κ3) is 3.75. The van der Waals surface area contributed by atoms with Gasteiger partial charge in [-0.2, -0.15) is 13.2 Å². The Kier molecular flexibility index (Phi) is 4.56. The van der Waals surface area contributed by atoms with Crippen LogP contribution in [0.2, 0.25) is 0 Å². The smallest absolute Gasteiger partial charge is 0.288 e. The van der Waals surface area contributed by atoms with E-state index in [1.54, 1.807) is 18.2 Å². The van der Waals surface area contributed by atoms with E-state index in [0.29, 0.717) is 12.0 Å². The van der Waals surface area contributed by atoms with Gasteiger partial charge in [0, 0.05) is 13.0 Å². The highest BCUT2D eigenvalue weighted by molar-refractivity contribution is 5.77. The zero-order chi connectivity index (χ0) is 15.6.